The van der Waals surface area contributed by atoms with Crippen molar-refractivity contribution in [2.75, 3.05) is 32.9 Å². The number of rotatable bonds is 9. The molecule has 1 unspecified atom stereocenters. The summed E-state index contributed by atoms with van der Waals surface area (Å²) < 4.78 is 11.2. The number of aromatic nitrogens is 1. The Balaban J connectivity index is 1.63. The van der Waals surface area contributed by atoms with Gasteiger partial charge in [-0.15, -0.1) is 11.3 Å². The van der Waals surface area contributed by atoms with Gasteiger partial charge in [0.15, 0.2) is 5.96 Å². The van der Waals surface area contributed by atoms with Crippen LogP contribution in [0.4, 0.5) is 0 Å². The summed E-state index contributed by atoms with van der Waals surface area (Å²) in [6, 6.07) is 0. The van der Waals surface area contributed by atoms with Crippen molar-refractivity contribution >= 4 is 17.3 Å². The Morgan fingerprint density at radius 1 is 1.42 bits per heavy atom. The van der Waals surface area contributed by atoms with E-state index in [1.54, 1.807) is 11.3 Å². The lowest BCUT2D eigenvalue weighted by Crippen LogP contribution is -2.38. The summed E-state index contributed by atoms with van der Waals surface area (Å²) in [7, 11) is 0. The average Bonchev–Trinajstić information content (AvgIpc) is 3.18. The van der Waals surface area contributed by atoms with E-state index in [2.05, 4.69) is 34.5 Å². The highest BCUT2D eigenvalue weighted by atomic mass is 32.1. The zero-order valence-electron chi connectivity index (χ0n) is 15.1. The molecule has 0 radical (unpaired) electrons. The van der Waals surface area contributed by atoms with Crippen LogP contribution < -0.4 is 10.6 Å². The maximum absolute atomic E-state index is 5.67. The highest BCUT2D eigenvalue weighted by molar-refractivity contribution is 7.11. The molecule has 2 N–H and O–H groups in total. The molecule has 6 nitrogen and oxygen atoms in total. The van der Waals surface area contributed by atoms with E-state index in [1.807, 2.05) is 6.92 Å². The molecule has 1 fully saturated rings. The van der Waals surface area contributed by atoms with Crippen molar-refractivity contribution < 1.29 is 9.47 Å². The molecule has 0 bridgehead atoms. The van der Waals surface area contributed by atoms with E-state index >= 15 is 0 Å². The molecular weight excluding hydrogens is 324 g/mol. The van der Waals surface area contributed by atoms with E-state index in [1.165, 1.54) is 4.88 Å². The molecule has 24 heavy (non-hydrogen) atoms. The fraction of sp³-hybridized carbons (Fsp3) is 0.765. The molecule has 1 aliphatic rings. The number of hydrogen-bond donors (Lipinski definition) is 2. The second kappa shape index (κ2) is 10.6. The van der Waals surface area contributed by atoms with Gasteiger partial charge in [-0.05, 0) is 40.0 Å². The Bertz CT molecular complexity index is 493. The van der Waals surface area contributed by atoms with E-state index < -0.39 is 0 Å². The van der Waals surface area contributed by atoms with Crippen LogP contribution in [0.15, 0.2) is 4.99 Å². The van der Waals surface area contributed by atoms with Gasteiger partial charge < -0.3 is 20.1 Å². The average molecular weight is 355 g/mol. The Morgan fingerprint density at radius 2 is 2.29 bits per heavy atom. The third kappa shape index (κ3) is 6.75. The van der Waals surface area contributed by atoms with Crippen LogP contribution >= 0.6 is 11.3 Å². The van der Waals surface area contributed by atoms with Crippen LogP contribution in [0.2, 0.25) is 0 Å². The van der Waals surface area contributed by atoms with Crippen molar-refractivity contribution in [2.24, 2.45) is 4.99 Å². The molecule has 1 aromatic rings. The quantitative estimate of drug-likeness (QED) is 0.405. The maximum Gasteiger partial charge on any atom is 0.191 e. The third-order valence-electron chi connectivity index (χ3n) is 3.88. The lowest BCUT2D eigenvalue weighted by Gasteiger charge is -2.12. The van der Waals surface area contributed by atoms with Gasteiger partial charge in [0.05, 0.1) is 24.9 Å². The highest BCUT2D eigenvalue weighted by Crippen LogP contribution is 2.16. The minimum atomic E-state index is 0.307. The van der Waals surface area contributed by atoms with E-state index in [0.29, 0.717) is 12.6 Å². The van der Waals surface area contributed by atoms with Gasteiger partial charge in [-0.25, -0.2) is 9.98 Å². The van der Waals surface area contributed by atoms with Crippen LogP contribution in [0, 0.1) is 13.8 Å². The lowest BCUT2D eigenvalue weighted by molar-refractivity contribution is 0.0168. The summed E-state index contributed by atoms with van der Waals surface area (Å²) in [5.74, 6) is 0.835. The van der Waals surface area contributed by atoms with Gasteiger partial charge in [0.25, 0.3) is 0 Å². The SMILES string of the molecule is CCNC(=NCc1nc(C)c(C)s1)NCCCOCC1CCCO1. The number of hydrogen-bond acceptors (Lipinski definition) is 5. The zero-order valence-corrected chi connectivity index (χ0v) is 15.9. The molecule has 0 aromatic carbocycles. The smallest absolute Gasteiger partial charge is 0.191 e. The summed E-state index contributed by atoms with van der Waals surface area (Å²) in [6.45, 7) is 10.9. The number of aryl methyl sites for hydroxylation is 2. The van der Waals surface area contributed by atoms with Gasteiger partial charge in [-0.2, -0.15) is 0 Å². The zero-order chi connectivity index (χ0) is 17.2. The summed E-state index contributed by atoms with van der Waals surface area (Å²) >= 11 is 1.72. The molecule has 1 aliphatic heterocycles. The van der Waals surface area contributed by atoms with Crippen molar-refractivity contribution in [1.82, 2.24) is 15.6 Å². The molecule has 0 saturated carbocycles. The van der Waals surface area contributed by atoms with Crippen LogP contribution in [-0.4, -0.2) is 50.0 Å². The fourth-order valence-corrected chi connectivity index (χ4v) is 3.33. The molecule has 1 saturated heterocycles. The van der Waals surface area contributed by atoms with Gasteiger partial charge in [0.1, 0.15) is 5.01 Å². The summed E-state index contributed by atoms with van der Waals surface area (Å²) in [6.07, 6.45) is 3.55. The molecule has 1 atom stereocenters. The standard InChI is InChI=1S/C17H30N4O2S/c1-4-18-17(20-11-16-21-13(2)14(3)24-16)19-8-6-9-22-12-15-7-5-10-23-15/h15H,4-12H2,1-3H3,(H2,18,19,20). The van der Waals surface area contributed by atoms with Crippen LogP contribution in [0.3, 0.4) is 0 Å². The second-order valence-corrected chi connectivity index (χ2v) is 7.22. The molecule has 0 amide bonds. The first kappa shape index (κ1) is 19.1. The fourth-order valence-electron chi connectivity index (χ4n) is 2.47. The van der Waals surface area contributed by atoms with E-state index in [0.717, 1.165) is 68.8 Å². The van der Waals surface area contributed by atoms with Crippen molar-refractivity contribution in [1.29, 1.82) is 0 Å². The van der Waals surface area contributed by atoms with Gasteiger partial charge in [-0.3, -0.25) is 0 Å². The Labute approximate surface area is 149 Å². The van der Waals surface area contributed by atoms with Gasteiger partial charge in [0, 0.05) is 31.2 Å². The summed E-state index contributed by atoms with van der Waals surface area (Å²) in [5, 5.41) is 7.67. The summed E-state index contributed by atoms with van der Waals surface area (Å²) in [5.41, 5.74) is 1.10. The van der Waals surface area contributed by atoms with E-state index in [4.69, 9.17) is 9.47 Å². The molecule has 7 heteroatoms. The largest absolute Gasteiger partial charge is 0.379 e. The third-order valence-corrected chi connectivity index (χ3v) is 4.93. The van der Waals surface area contributed by atoms with Crippen LogP contribution in [0.25, 0.3) is 0 Å². The van der Waals surface area contributed by atoms with Crippen molar-refractivity contribution in [3.05, 3.63) is 15.6 Å². The minimum Gasteiger partial charge on any atom is -0.379 e. The molecule has 136 valence electrons. The Morgan fingerprint density at radius 3 is 2.96 bits per heavy atom. The Kier molecular flexibility index (Phi) is 8.49. The molecule has 0 aliphatic carbocycles. The minimum absolute atomic E-state index is 0.307. The van der Waals surface area contributed by atoms with E-state index in [-0.39, 0.29) is 0 Å². The van der Waals surface area contributed by atoms with Gasteiger partial charge >= 0.3 is 0 Å². The Hall–Kier alpha value is -1.18. The lowest BCUT2D eigenvalue weighted by atomic mass is 10.2. The number of nitrogens with zero attached hydrogens (tertiary/aromatic N) is 2. The molecule has 0 spiro atoms. The number of thiazole rings is 1. The molecular formula is C17H30N4O2S. The predicted molar refractivity (Wildman–Crippen MR) is 98.8 cm³/mol. The monoisotopic (exact) mass is 354 g/mol. The normalized spacial score (nSPS) is 18.1. The van der Waals surface area contributed by atoms with Gasteiger partial charge in [-0.1, -0.05) is 0 Å². The number of aliphatic imine (C=N–C) groups is 1. The van der Waals surface area contributed by atoms with Crippen LogP contribution in [0.5, 0.6) is 0 Å². The van der Waals surface area contributed by atoms with Crippen molar-refractivity contribution in [3.63, 3.8) is 0 Å². The first-order valence-electron chi connectivity index (χ1n) is 8.83. The van der Waals surface area contributed by atoms with Gasteiger partial charge in [0.2, 0.25) is 0 Å². The first-order valence-corrected chi connectivity index (χ1v) is 9.65. The molecule has 2 rings (SSSR count). The number of guanidine groups is 1. The van der Waals surface area contributed by atoms with Crippen LogP contribution in [0.1, 0.15) is 41.8 Å². The number of ether oxygens (including phenoxy) is 2. The topological polar surface area (TPSA) is 67.8 Å². The highest BCUT2D eigenvalue weighted by Gasteiger charge is 2.14. The summed E-state index contributed by atoms with van der Waals surface area (Å²) in [4.78, 5) is 10.4. The molecule has 1 aromatic heterocycles. The first-order chi connectivity index (χ1) is 11.7. The second-order valence-electron chi connectivity index (χ2n) is 5.93. The maximum atomic E-state index is 5.67. The van der Waals surface area contributed by atoms with Crippen LogP contribution in [-0.2, 0) is 16.0 Å². The molecule has 2 heterocycles. The number of nitrogens with one attached hydrogen (secondary N) is 2. The van der Waals surface area contributed by atoms with Crippen molar-refractivity contribution in [2.45, 2.75) is 52.7 Å². The van der Waals surface area contributed by atoms with Crippen molar-refractivity contribution in [3.8, 4) is 0 Å². The predicted octanol–water partition coefficient (Wildman–Crippen LogP) is 2.40. The van der Waals surface area contributed by atoms with E-state index in [9.17, 15) is 0 Å².